The van der Waals surface area contributed by atoms with Gasteiger partial charge in [-0.3, -0.25) is 0 Å². The van der Waals surface area contributed by atoms with E-state index < -0.39 is 0 Å². The summed E-state index contributed by atoms with van der Waals surface area (Å²) in [6, 6.07) is 0. The number of allylic oxidation sites excluding steroid dienone is 2. The molecule has 0 saturated carbocycles. The minimum atomic E-state index is 0.377. The molecule has 0 bridgehead atoms. The number of hydrogen-bond donors (Lipinski definition) is 0. The number of hydrogen-bond acceptors (Lipinski definition) is 2. The first-order chi connectivity index (χ1) is 4.91. The Bertz CT molecular complexity index is 97.4. The summed E-state index contributed by atoms with van der Waals surface area (Å²) in [5.41, 5.74) is 0. The lowest BCUT2D eigenvalue weighted by Crippen LogP contribution is -1.96. The molecule has 0 rings (SSSR count). The van der Waals surface area contributed by atoms with Crippen molar-refractivity contribution in [2.75, 3.05) is 20.5 Å². The molecule has 0 spiro atoms. The molecule has 0 aromatic heterocycles. The lowest BCUT2D eigenvalue weighted by atomic mass is 10.4. The van der Waals surface area contributed by atoms with Gasteiger partial charge in [-0.05, 0) is 6.42 Å². The van der Waals surface area contributed by atoms with Crippen molar-refractivity contribution in [1.82, 2.24) is 0 Å². The standard InChI is InChI=1S/C8H14O2/c1-3-4-5-6-7-10-8-9-2/h3-5H,1,6-8H2,2H3. The van der Waals surface area contributed by atoms with E-state index >= 15 is 0 Å². The lowest BCUT2D eigenvalue weighted by molar-refractivity contribution is -0.0285. The minimum absolute atomic E-state index is 0.377. The monoisotopic (exact) mass is 142 g/mol. The van der Waals surface area contributed by atoms with Crippen LogP contribution in [0.15, 0.2) is 24.8 Å². The van der Waals surface area contributed by atoms with Crippen LogP contribution in [0.25, 0.3) is 0 Å². The van der Waals surface area contributed by atoms with Crippen LogP contribution in [0.5, 0.6) is 0 Å². The zero-order valence-electron chi connectivity index (χ0n) is 6.38. The Kier molecular flexibility index (Phi) is 7.90. The highest BCUT2D eigenvalue weighted by molar-refractivity contribution is 4.96. The van der Waals surface area contributed by atoms with E-state index in [9.17, 15) is 0 Å². The zero-order valence-corrected chi connectivity index (χ0v) is 6.38. The van der Waals surface area contributed by atoms with Crippen LogP contribution >= 0.6 is 0 Å². The van der Waals surface area contributed by atoms with Gasteiger partial charge in [-0.25, -0.2) is 0 Å². The molecule has 58 valence electrons. The molecule has 0 aliphatic heterocycles. The second-order valence-corrected chi connectivity index (χ2v) is 1.77. The third-order valence-corrected chi connectivity index (χ3v) is 0.902. The normalized spacial score (nSPS) is 10.5. The van der Waals surface area contributed by atoms with Crippen LogP contribution in [0.1, 0.15) is 6.42 Å². The highest BCUT2D eigenvalue weighted by Gasteiger charge is 1.80. The van der Waals surface area contributed by atoms with Crippen molar-refractivity contribution in [3.8, 4) is 0 Å². The van der Waals surface area contributed by atoms with Gasteiger partial charge >= 0.3 is 0 Å². The van der Waals surface area contributed by atoms with Crippen LogP contribution in [-0.2, 0) is 9.47 Å². The van der Waals surface area contributed by atoms with E-state index in [2.05, 4.69) is 11.3 Å². The molecule has 0 aliphatic carbocycles. The number of ether oxygens (including phenoxy) is 2. The Balaban J connectivity index is 2.90. The number of rotatable bonds is 6. The molecule has 0 saturated heterocycles. The molecule has 0 heterocycles. The van der Waals surface area contributed by atoms with Crippen LogP contribution in [0.2, 0.25) is 0 Å². The molecule has 0 N–H and O–H groups in total. The van der Waals surface area contributed by atoms with Crippen LogP contribution in [-0.4, -0.2) is 20.5 Å². The van der Waals surface area contributed by atoms with E-state index in [1.807, 2.05) is 12.2 Å². The fraction of sp³-hybridized carbons (Fsp3) is 0.500. The van der Waals surface area contributed by atoms with Crippen LogP contribution in [0.4, 0.5) is 0 Å². The minimum Gasteiger partial charge on any atom is -0.359 e. The molecular formula is C8H14O2. The highest BCUT2D eigenvalue weighted by atomic mass is 16.7. The predicted octanol–water partition coefficient (Wildman–Crippen LogP) is 1.74. The molecular weight excluding hydrogens is 128 g/mol. The van der Waals surface area contributed by atoms with Gasteiger partial charge in [0, 0.05) is 7.11 Å². The molecule has 0 aromatic rings. The SMILES string of the molecule is C=CC=CCCOCOC. The summed E-state index contributed by atoms with van der Waals surface area (Å²) in [6.45, 7) is 4.63. The molecule has 0 aliphatic rings. The molecule has 0 atom stereocenters. The Morgan fingerprint density at radius 3 is 2.90 bits per heavy atom. The first kappa shape index (κ1) is 9.40. The summed E-state index contributed by atoms with van der Waals surface area (Å²) in [7, 11) is 1.61. The van der Waals surface area contributed by atoms with Crippen molar-refractivity contribution in [2.24, 2.45) is 0 Å². The van der Waals surface area contributed by atoms with Gasteiger partial charge < -0.3 is 9.47 Å². The Hall–Kier alpha value is -0.600. The van der Waals surface area contributed by atoms with Crippen molar-refractivity contribution in [3.63, 3.8) is 0 Å². The fourth-order valence-corrected chi connectivity index (χ4v) is 0.486. The smallest absolute Gasteiger partial charge is 0.146 e. The van der Waals surface area contributed by atoms with E-state index in [1.165, 1.54) is 0 Å². The van der Waals surface area contributed by atoms with Crippen LogP contribution in [0, 0.1) is 0 Å². The van der Waals surface area contributed by atoms with Crippen molar-refractivity contribution >= 4 is 0 Å². The molecule has 0 aromatic carbocycles. The van der Waals surface area contributed by atoms with Gasteiger partial charge in [0.15, 0.2) is 0 Å². The molecule has 2 nitrogen and oxygen atoms in total. The largest absolute Gasteiger partial charge is 0.359 e. The first-order valence-corrected chi connectivity index (χ1v) is 3.26. The molecule has 0 unspecified atom stereocenters. The van der Waals surface area contributed by atoms with Gasteiger partial charge in [-0.15, -0.1) is 0 Å². The maximum atomic E-state index is 5.02. The maximum Gasteiger partial charge on any atom is 0.146 e. The van der Waals surface area contributed by atoms with E-state index in [1.54, 1.807) is 13.2 Å². The third-order valence-electron chi connectivity index (χ3n) is 0.902. The summed E-state index contributed by atoms with van der Waals surface area (Å²) in [5, 5.41) is 0. The molecule has 0 radical (unpaired) electrons. The highest BCUT2D eigenvalue weighted by Crippen LogP contribution is 1.85. The summed E-state index contributed by atoms with van der Waals surface area (Å²) >= 11 is 0. The second-order valence-electron chi connectivity index (χ2n) is 1.77. The van der Waals surface area contributed by atoms with Crippen molar-refractivity contribution < 1.29 is 9.47 Å². The molecule has 2 heteroatoms. The van der Waals surface area contributed by atoms with Crippen molar-refractivity contribution in [1.29, 1.82) is 0 Å². The molecule has 0 fully saturated rings. The summed E-state index contributed by atoms with van der Waals surface area (Å²) < 4.78 is 9.70. The number of methoxy groups -OCH3 is 1. The summed E-state index contributed by atoms with van der Waals surface area (Å²) in [5.74, 6) is 0. The summed E-state index contributed by atoms with van der Waals surface area (Å²) in [6.07, 6.45) is 6.56. The quantitative estimate of drug-likeness (QED) is 0.319. The van der Waals surface area contributed by atoms with Gasteiger partial charge in [-0.2, -0.15) is 0 Å². The lowest BCUT2D eigenvalue weighted by Gasteiger charge is -1.97. The first-order valence-electron chi connectivity index (χ1n) is 3.26. The van der Waals surface area contributed by atoms with Gasteiger partial charge in [0.2, 0.25) is 0 Å². The van der Waals surface area contributed by atoms with Gasteiger partial charge in [0.1, 0.15) is 6.79 Å². The topological polar surface area (TPSA) is 18.5 Å². The Morgan fingerprint density at radius 2 is 2.30 bits per heavy atom. The van der Waals surface area contributed by atoms with Gasteiger partial charge in [0.05, 0.1) is 6.61 Å². The van der Waals surface area contributed by atoms with Crippen LogP contribution < -0.4 is 0 Å². The van der Waals surface area contributed by atoms with Crippen LogP contribution in [0.3, 0.4) is 0 Å². The summed E-state index contributed by atoms with van der Waals surface area (Å²) in [4.78, 5) is 0. The predicted molar refractivity (Wildman–Crippen MR) is 41.8 cm³/mol. The van der Waals surface area contributed by atoms with E-state index in [4.69, 9.17) is 4.74 Å². The van der Waals surface area contributed by atoms with Gasteiger partial charge in [-0.1, -0.05) is 24.8 Å². The average molecular weight is 142 g/mol. The van der Waals surface area contributed by atoms with Gasteiger partial charge in [0.25, 0.3) is 0 Å². The zero-order chi connectivity index (χ0) is 7.66. The average Bonchev–Trinajstić information content (AvgIpc) is 1.97. The Labute approximate surface area is 62.1 Å². The molecule has 0 amide bonds. The third kappa shape index (κ3) is 7.40. The maximum absolute atomic E-state index is 5.02. The van der Waals surface area contributed by atoms with E-state index in [0.717, 1.165) is 6.42 Å². The Morgan fingerprint density at radius 1 is 1.50 bits per heavy atom. The molecule has 10 heavy (non-hydrogen) atoms. The fourth-order valence-electron chi connectivity index (χ4n) is 0.486. The second kappa shape index (κ2) is 8.40. The van der Waals surface area contributed by atoms with E-state index in [-0.39, 0.29) is 0 Å². The van der Waals surface area contributed by atoms with E-state index in [0.29, 0.717) is 13.4 Å². The van der Waals surface area contributed by atoms with Crippen molar-refractivity contribution in [3.05, 3.63) is 24.8 Å². The van der Waals surface area contributed by atoms with Crippen molar-refractivity contribution in [2.45, 2.75) is 6.42 Å².